The quantitative estimate of drug-likeness (QED) is 0.739. The Kier molecular flexibility index (Phi) is 5.65. The van der Waals surface area contributed by atoms with Crippen LogP contribution in [0.15, 0.2) is 60.7 Å². The minimum Gasteiger partial charge on any atom is -0.481 e. The van der Waals surface area contributed by atoms with Crippen LogP contribution in [0.4, 0.5) is 4.79 Å². The van der Waals surface area contributed by atoms with E-state index in [9.17, 15) is 14.7 Å². The van der Waals surface area contributed by atoms with Gasteiger partial charge in [0.05, 0.1) is 12.0 Å². The molecule has 2 aliphatic carbocycles. The molecule has 5 heteroatoms. The largest absolute Gasteiger partial charge is 0.481 e. The fraction of sp³-hybridized carbons (Fsp3) is 0.333. The minimum atomic E-state index is -0.888. The number of allylic oxidation sites excluding steroid dienone is 1. The predicted molar refractivity (Wildman–Crippen MR) is 111 cm³/mol. The number of alkyl carbamates (subject to hydrolysis) is 1. The van der Waals surface area contributed by atoms with E-state index in [1.54, 1.807) is 6.08 Å². The van der Waals surface area contributed by atoms with Crippen LogP contribution in [0.25, 0.3) is 11.1 Å². The summed E-state index contributed by atoms with van der Waals surface area (Å²) in [4.78, 5) is 24.1. The SMILES string of the molecule is O=C(N[C@@H]1/C=C\CCCC[C@@H]1C(=O)O)OCC1c2ccccc2-c2ccccc21. The van der Waals surface area contributed by atoms with Crippen molar-refractivity contribution in [1.29, 1.82) is 0 Å². The highest BCUT2D eigenvalue weighted by Crippen LogP contribution is 2.44. The van der Waals surface area contributed by atoms with Crippen molar-refractivity contribution in [3.05, 3.63) is 71.8 Å². The smallest absolute Gasteiger partial charge is 0.407 e. The van der Waals surface area contributed by atoms with E-state index < -0.39 is 24.0 Å². The van der Waals surface area contributed by atoms with Gasteiger partial charge in [-0.25, -0.2) is 4.79 Å². The number of carboxylic acid groups (broad SMARTS) is 1. The summed E-state index contributed by atoms with van der Waals surface area (Å²) in [6.45, 7) is 0.216. The molecule has 0 aliphatic heterocycles. The van der Waals surface area contributed by atoms with E-state index in [1.807, 2.05) is 30.3 Å². The first-order chi connectivity index (χ1) is 14.1. The van der Waals surface area contributed by atoms with Gasteiger partial charge in [0.15, 0.2) is 0 Å². The molecule has 2 aromatic carbocycles. The highest BCUT2D eigenvalue weighted by Gasteiger charge is 2.31. The summed E-state index contributed by atoms with van der Waals surface area (Å²) < 4.78 is 5.57. The topological polar surface area (TPSA) is 75.6 Å². The number of ether oxygens (including phenoxy) is 1. The van der Waals surface area contributed by atoms with Crippen molar-refractivity contribution < 1.29 is 19.4 Å². The van der Waals surface area contributed by atoms with Crippen molar-refractivity contribution >= 4 is 12.1 Å². The molecule has 2 aromatic rings. The Hall–Kier alpha value is -3.08. The van der Waals surface area contributed by atoms with Crippen LogP contribution in [0.1, 0.15) is 42.7 Å². The second-order valence-corrected chi connectivity index (χ2v) is 7.65. The zero-order chi connectivity index (χ0) is 20.2. The summed E-state index contributed by atoms with van der Waals surface area (Å²) in [5, 5.41) is 12.3. The van der Waals surface area contributed by atoms with Crippen LogP contribution in [0.5, 0.6) is 0 Å². The number of benzene rings is 2. The van der Waals surface area contributed by atoms with Crippen LogP contribution >= 0.6 is 0 Å². The molecular formula is C24H25NO4. The van der Waals surface area contributed by atoms with E-state index >= 15 is 0 Å². The molecule has 1 amide bonds. The number of aliphatic carboxylic acids is 1. The van der Waals surface area contributed by atoms with Crippen molar-refractivity contribution in [3.8, 4) is 11.1 Å². The number of hydrogen-bond donors (Lipinski definition) is 2. The number of carbonyl (C=O) groups excluding carboxylic acids is 1. The van der Waals surface area contributed by atoms with E-state index in [4.69, 9.17) is 4.74 Å². The van der Waals surface area contributed by atoms with Gasteiger partial charge in [0.25, 0.3) is 0 Å². The van der Waals surface area contributed by atoms with Crippen LogP contribution in [0.2, 0.25) is 0 Å². The summed E-state index contributed by atoms with van der Waals surface area (Å²) >= 11 is 0. The van der Waals surface area contributed by atoms with Crippen LogP contribution in [0, 0.1) is 5.92 Å². The van der Waals surface area contributed by atoms with E-state index in [0.717, 1.165) is 30.4 Å². The molecule has 0 saturated carbocycles. The maximum atomic E-state index is 12.5. The van der Waals surface area contributed by atoms with Gasteiger partial charge in [0, 0.05) is 5.92 Å². The van der Waals surface area contributed by atoms with E-state index in [2.05, 4.69) is 29.6 Å². The van der Waals surface area contributed by atoms with E-state index in [-0.39, 0.29) is 12.5 Å². The third kappa shape index (κ3) is 4.04. The number of carboxylic acids is 1. The lowest BCUT2D eigenvalue weighted by atomic mass is 9.90. The van der Waals surface area contributed by atoms with Crippen molar-refractivity contribution in [2.75, 3.05) is 6.61 Å². The maximum Gasteiger partial charge on any atom is 0.407 e. The average molecular weight is 391 g/mol. The molecule has 2 N–H and O–H groups in total. The normalized spacial score (nSPS) is 21.9. The molecule has 2 atom stereocenters. The van der Waals surface area contributed by atoms with Crippen LogP contribution in [-0.2, 0) is 9.53 Å². The number of carbonyl (C=O) groups is 2. The van der Waals surface area contributed by atoms with Gasteiger partial charge < -0.3 is 15.2 Å². The zero-order valence-electron chi connectivity index (χ0n) is 16.2. The van der Waals surface area contributed by atoms with E-state index in [1.165, 1.54) is 11.1 Å². The number of nitrogens with one attached hydrogen (secondary N) is 1. The van der Waals surface area contributed by atoms with Crippen LogP contribution < -0.4 is 5.32 Å². The summed E-state index contributed by atoms with van der Waals surface area (Å²) in [5.74, 6) is -1.54. The summed E-state index contributed by atoms with van der Waals surface area (Å²) in [6, 6.07) is 15.8. The molecule has 29 heavy (non-hydrogen) atoms. The molecular weight excluding hydrogens is 366 g/mol. The first-order valence-corrected chi connectivity index (χ1v) is 10.2. The third-order valence-electron chi connectivity index (χ3n) is 5.86. The number of rotatable bonds is 4. The van der Waals surface area contributed by atoms with Gasteiger partial charge in [-0.2, -0.15) is 0 Å². The van der Waals surface area contributed by atoms with Crippen LogP contribution in [0.3, 0.4) is 0 Å². The molecule has 5 nitrogen and oxygen atoms in total. The molecule has 0 unspecified atom stereocenters. The van der Waals surface area contributed by atoms with Gasteiger partial charge in [0.2, 0.25) is 0 Å². The Morgan fingerprint density at radius 3 is 2.31 bits per heavy atom. The molecule has 0 spiro atoms. The van der Waals surface area contributed by atoms with Crippen LogP contribution in [-0.4, -0.2) is 29.8 Å². The molecule has 0 bridgehead atoms. The van der Waals surface area contributed by atoms with Gasteiger partial charge in [-0.3, -0.25) is 4.79 Å². The van der Waals surface area contributed by atoms with Gasteiger partial charge >= 0.3 is 12.1 Å². The Balaban J connectivity index is 1.46. The van der Waals surface area contributed by atoms with Gasteiger partial charge in [-0.1, -0.05) is 67.1 Å². The van der Waals surface area contributed by atoms with Crippen molar-refractivity contribution in [3.63, 3.8) is 0 Å². The predicted octanol–water partition coefficient (Wildman–Crippen LogP) is 4.72. The third-order valence-corrected chi connectivity index (χ3v) is 5.86. The Labute approximate surface area is 170 Å². The second-order valence-electron chi connectivity index (χ2n) is 7.65. The molecule has 0 aromatic heterocycles. The summed E-state index contributed by atoms with van der Waals surface area (Å²) in [6.07, 6.45) is 6.42. The molecule has 2 aliphatic rings. The number of hydrogen-bond acceptors (Lipinski definition) is 3. The monoisotopic (exact) mass is 391 g/mol. The lowest BCUT2D eigenvalue weighted by Crippen LogP contribution is -2.43. The first kappa shape index (κ1) is 19.2. The molecule has 4 rings (SSSR count). The fourth-order valence-corrected chi connectivity index (χ4v) is 4.38. The van der Waals surface area contributed by atoms with Gasteiger partial charge in [-0.05, 0) is 41.5 Å². The number of amides is 1. The second kappa shape index (κ2) is 8.52. The van der Waals surface area contributed by atoms with Crippen molar-refractivity contribution in [2.45, 2.75) is 37.6 Å². The highest BCUT2D eigenvalue weighted by atomic mass is 16.5. The number of fused-ring (bicyclic) bond motifs is 3. The summed E-state index contributed by atoms with van der Waals surface area (Å²) in [7, 11) is 0. The summed E-state index contributed by atoms with van der Waals surface area (Å²) in [5.41, 5.74) is 4.64. The molecule has 0 radical (unpaired) electrons. The lowest BCUT2D eigenvalue weighted by Gasteiger charge is -2.24. The minimum absolute atomic E-state index is 0.0173. The molecule has 0 heterocycles. The Morgan fingerprint density at radius 1 is 1.00 bits per heavy atom. The van der Waals surface area contributed by atoms with Crippen molar-refractivity contribution in [2.24, 2.45) is 5.92 Å². The van der Waals surface area contributed by atoms with E-state index in [0.29, 0.717) is 6.42 Å². The highest BCUT2D eigenvalue weighted by molar-refractivity contribution is 5.79. The Morgan fingerprint density at radius 2 is 1.66 bits per heavy atom. The molecule has 0 fully saturated rings. The molecule has 150 valence electrons. The lowest BCUT2D eigenvalue weighted by molar-refractivity contribution is -0.142. The fourth-order valence-electron chi connectivity index (χ4n) is 4.38. The Bertz CT molecular complexity index is 890. The average Bonchev–Trinajstić information content (AvgIpc) is 3.02. The molecule has 0 saturated heterocycles. The van der Waals surface area contributed by atoms with Gasteiger partial charge in [0.1, 0.15) is 6.61 Å². The first-order valence-electron chi connectivity index (χ1n) is 10.2. The van der Waals surface area contributed by atoms with Crippen molar-refractivity contribution in [1.82, 2.24) is 5.32 Å². The maximum absolute atomic E-state index is 12.5. The standard InChI is InChI=1S/C24H25NO4/c26-23(27)20-13-3-1-2-4-14-22(20)25-24(28)29-15-21-18-11-7-5-9-16(18)17-10-6-8-12-19(17)21/h4-12,14,20-22H,1-3,13,15H2,(H,25,28)(H,26,27)/b14-4-/t20-,22+/m0/s1. The zero-order valence-corrected chi connectivity index (χ0v) is 16.2. The van der Waals surface area contributed by atoms with Gasteiger partial charge in [-0.15, -0.1) is 0 Å².